The smallest absolute Gasteiger partial charge is 0.319 e. The van der Waals surface area contributed by atoms with Gasteiger partial charge in [0.1, 0.15) is 18.4 Å². The lowest BCUT2D eigenvalue weighted by Crippen LogP contribution is -2.34. The van der Waals surface area contributed by atoms with Crippen molar-refractivity contribution in [3.63, 3.8) is 0 Å². The Morgan fingerprint density at radius 2 is 2.38 bits per heavy atom. The van der Waals surface area contributed by atoms with Crippen LogP contribution in [-0.4, -0.2) is 49.9 Å². The summed E-state index contributed by atoms with van der Waals surface area (Å²) in [6.07, 6.45) is -1.95. The Bertz CT molecular complexity index is 475. The summed E-state index contributed by atoms with van der Waals surface area (Å²) in [5, 5.41) is 22.5. The molecule has 0 aromatic carbocycles. The molecule has 2 aliphatic heterocycles. The van der Waals surface area contributed by atoms with Crippen LogP contribution in [0.4, 0.5) is 0 Å². The Kier molecular flexibility index (Phi) is 1.96. The highest BCUT2D eigenvalue weighted by Crippen LogP contribution is 2.37. The standard InChI is InChI=1S/C8H9N3O5/c12-2-3-5(14)6-7(15-3)11-8(16-6)10-4(13)1-9-11/h1,3,5-7,12,14H,2H2. The SMILES string of the molecule is O=c1cnn2c(n1)OC1C(O)C(CO)OC12. The van der Waals surface area contributed by atoms with Crippen LogP contribution in [0.5, 0.6) is 6.01 Å². The van der Waals surface area contributed by atoms with E-state index >= 15 is 0 Å². The molecule has 0 bridgehead atoms. The summed E-state index contributed by atoms with van der Waals surface area (Å²) in [5.41, 5.74) is -0.514. The first-order valence-electron chi connectivity index (χ1n) is 4.77. The highest BCUT2D eigenvalue weighted by atomic mass is 16.6. The average Bonchev–Trinajstić information content (AvgIpc) is 2.75. The number of hydrogen-bond donors (Lipinski definition) is 2. The lowest BCUT2D eigenvalue weighted by Gasteiger charge is -2.13. The molecular formula is C8H9N3O5. The predicted octanol–water partition coefficient (Wildman–Crippen LogP) is -2.35. The molecule has 1 aromatic heterocycles. The van der Waals surface area contributed by atoms with Gasteiger partial charge in [-0.1, -0.05) is 0 Å². The summed E-state index contributed by atoms with van der Waals surface area (Å²) in [6, 6.07) is 0.0259. The number of aliphatic hydroxyl groups excluding tert-OH is 2. The van der Waals surface area contributed by atoms with Gasteiger partial charge in [-0.15, -0.1) is 0 Å². The molecule has 2 N–H and O–H groups in total. The van der Waals surface area contributed by atoms with Crippen molar-refractivity contribution in [3.8, 4) is 6.01 Å². The molecule has 0 saturated carbocycles. The zero-order valence-corrected chi connectivity index (χ0v) is 8.05. The van der Waals surface area contributed by atoms with Crippen LogP contribution in [0.25, 0.3) is 0 Å². The topological polar surface area (TPSA) is 107 Å². The van der Waals surface area contributed by atoms with E-state index in [1.165, 1.54) is 4.68 Å². The van der Waals surface area contributed by atoms with Gasteiger partial charge in [-0.25, -0.2) is 0 Å². The average molecular weight is 227 g/mol. The minimum atomic E-state index is -0.964. The van der Waals surface area contributed by atoms with Gasteiger partial charge in [0, 0.05) is 0 Å². The molecule has 1 aromatic rings. The van der Waals surface area contributed by atoms with Gasteiger partial charge in [-0.05, 0) is 0 Å². The maximum Gasteiger partial charge on any atom is 0.319 e. The first-order valence-corrected chi connectivity index (χ1v) is 4.77. The van der Waals surface area contributed by atoms with Crippen molar-refractivity contribution in [2.75, 3.05) is 6.61 Å². The molecule has 3 heterocycles. The molecule has 8 nitrogen and oxygen atoms in total. The molecule has 2 aliphatic rings. The zero-order valence-electron chi connectivity index (χ0n) is 8.05. The van der Waals surface area contributed by atoms with Crippen molar-refractivity contribution in [3.05, 3.63) is 16.6 Å². The van der Waals surface area contributed by atoms with E-state index in [0.717, 1.165) is 6.20 Å². The second-order valence-corrected chi connectivity index (χ2v) is 3.64. The Balaban J connectivity index is 1.99. The van der Waals surface area contributed by atoms with Gasteiger partial charge in [-0.3, -0.25) is 4.79 Å². The fourth-order valence-electron chi connectivity index (χ4n) is 1.90. The van der Waals surface area contributed by atoms with Crippen LogP contribution in [0.3, 0.4) is 0 Å². The Hall–Kier alpha value is -1.51. The van der Waals surface area contributed by atoms with E-state index in [2.05, 4.69) is 10.1 Å². The highest BCUT2D eigenvalue weighted by Gasteiger charge is 2.51. The maximum absolute atomic E-state index is 10.9. The van der Waals surface area contributed by atoms with Crippen molar-refractivity contribution in [1.29, 1.82) is 0 Å². The van der Waals surface area contributed by atoms with E-state index in [1.54, 1.807) is 0 Å². The molecular weight excluding hydrogens is 218 g/mol. The first kappa shape index (κ1) is 9.70. The van der Waals surface area contributed by atoms with Crippen LogP contribution in [0.2, 0.25) is 0 Å². The zero-order chi connectivity index (χ0) is 11.3. The quantitative estimate of drug-likeness (QED) is 0.553. The number of rotatable bonds is 1. The lowest BCUT2D eigenvalue weighted by atomic mass is 10.1. The molecule has 1 fully saturated rings. The second-order valence-electron chi connectivity index (χ2n) is 3.64. The minimum Gasteiger partial charge on any atom is -0.452 e. The third-order valence-corrected chi connectivity index (χ3v) is 2.67. The highest BCUT2D eigenvalue weighted by molar-refractivity contribution is 5.06. The van der Waals surface area contributed by atoms with Crippen LogP contribution in [0.1, 0.15) is 6.23 Å². The Morgan fingerprint density at radius 1 is 1.56 bits per heavy atom. The molecule has 8 heteroatoms. The summed E-state index contributed by atoms with van der Waals surface area (Å²) in [4.78, 5) is 14.5. The lowest BCUT2D eigenvalue weighted by molar-refractivity contribution is -0.0476. The van der Waals surface area contributed by atoms with Gasteiger partial charge in [0.05, 0.1) is 6.61 Å². The van der Waals surface area contributed by atoms with Gasteiger partial charge < -0.3 is 19.7 Å². The molecule has 4 atom stereocenters. The summed E-state index contributed by atoms with van der Waals surface area (Å²) in [5.74, 6) is 0. The normalized spacial score (nSPS) is 35.6. The molecule has 0 amide bonds. The molecule has 0 aliphatic carbocycles. The summed E-state index contributed by atoms with van der Waals surface area (Å²) in [7, 11) is 0. The van der Waals surface area contributed by atoms with E-state index in [0.29, 0.717) is 0 Å². The number of hydrogen-bond acceptors (Lipinski definition) is 7. The molecule has 3 rings (SSSR count). The van der Waals surface area contributed by atoms with E-state index in [9.17, 15) is 9.90 Å². The van der Waals surface area contributed by atoms with Crippen LogP contribution < -0.4 is 10.3 Å². The number of aliphatic hydroxyl groups is 2. The Morgan fingerprint density at radius 3 is 3.12 bits per heavy atom. The van der Waals surface area contributed by atoms with Gasteiger partial charge in [0.15, 0.2) is 12.3 Å². The summed E-state index contributed by atoms with van der Waals surface area (Å²) >= 11 is 0. The molecule has 0 spiro atoms. The number of aromatic nitrogens is 3. The maximum atomic E-state index is 10.9. The van der Waals surface area contributed by atoms with Crippen LogP contribution in [-0.2, 0) is 4.74 Å². The fourth-order valence-corrected chi connectivity index (χ4v) is 1.90. The van der Waals surface area contributed by atoms with Crippen LogP contribution in [0.15, 0.2) is 11.0 Å². The van der Waals surface area contributed by atoms with E-state index < -0.39 is 30.1 Å². The second kappa shape index (κ2) is 3.24. The molecule has 86 valence electrons. The van der Waals surface area contributed by atoms with Gasteiger partial charge in [0.2, 0.25) is 0 Å². The summed E-state index contributed by atoms with van der Waals surface area (Å²) in [6.45, 7) is -0.305. The number of nitrogens with zero attached hydrogens (tertiary/aromatic N) is 3. The van der Waals surface area contributed by atoms with E-state index in [1.807, 2.05) is 0 Å². The van der Waals surface area contributed by atoms with E-state index in [4.69, 9.17) is 14.6 Å². The van der Waals surface area contributed by atoms with Gasteiger partial charge >= 0.3 is 6.01 Å². The molecule has 16 heavy (non-hydrogen) atoms. The third kappa shape index (κ3) is 1.17. The van der Waals surface area contributed by atoms with Crippen molar-refractivity contribution in [2.45, 2.75) is 24.5 Å². The van der Waals surface area contributed by atoms with Gasteiger partial charge in [-0.2, -0.15) is 14.8 Å². The van der Waals surface area contributed by atoms with Crippen molar-refractivity contribution >= 4 is 0 Å². The molecule has 0 radical (unpaired) electrons. The fraction of sp³-hybridized carbons (Fsp3) is 0.625. The first-order chi connectivity index (χ1) is 7.70. The molecule has 1 saturated heterocycles. The molecule has 4 unspecified atom stereocenters. The summed E-state index contributed by atoms with van der Waals surface area (Å²) < 4.78 is 11.9. The van der Waals surface area contributed by atoms with Crippen molar-refractivity contribution < 1.29 is 19.7 Å². The van der Waals surface area contributed by atoms with Crippen molar-refractivity contribution in [1.82, 2.24) is 14.8 Å². The number of ether oxygens (including phenoxy) is 2. The van der Waals surface area contributed by atoms with Crippen LogP contribution >= 0.6 is 0 Å². The predicted molar refractivity (Wildman–Crippen MR) is 47.7 cm³/mol. The third-order valence-electron chi connectivity index (χ3n) is 2.67. The van der Waals surface area contributed by atoms with E-state index in [-0.39, 0.29) is 12.6 Å². The van der Waals surface area contributed by atoms with Crippen molar-refractivity contribution in [2.24, 2.45) is 0 Å². The number of fused-ring (bicyclic) bond motifs is 3. The van der Waals surface area contributed by atoms with Crippen LogP contribution in [0, 0.1) is 0 Å². The largest absolute Gasteiger partial charge is 0.452 e. The van der Waals surface area contributed by atoms with Gasteiger partial charge in [0.25, 0.3) is 5.56 Å². The Labute approximate surface area is 89.1 Å². The monoisotopic (exact) mass is 227 g/mol. The minimum absolute atomic E-state index is 0.0259.